The average molecular weight is 315 g/mol. The predicted octanol–water partition coefficient (Wildman–Crippen LogP) is 0.0664. The maximum Gasteiger partial charge on any atom is 0.327 e. The molecule has 3 amide bonds. The third kappa shape index (κ3) is 3.61. The number of carboxylic acid groups (broad SMARTS) is 1. The molecule has 2 heterocycles. The van der Waals surface area contributed by atoms with Crippen LogP contribution in [0.3, 0.4) is 0 Å². The Morgan fingerprint density at radius 1 is 1.29 bits per heavy atom. The van der Waals surface area contributed by atoms with E-state index >= 15 is 0 Å². The lowest BCUT2D eigenvalue weighted by atomic mass is 9.97. The number of hydrogen-bond donors (Lipinski definition) is 2. The third-order valence-electron chi connectivity index (χ3n) is 3.97. The summed E-state index contributed by atoms with van der Waals surface area (Å²) in [7, 11) is 1.59. The van der Waals surface area contributed by atoms with Crippen molar-refractivity contribution in [1.29, 1.82) is 0 Å². The van der Waals surface area contributed by atoms with Crippen LogP contribution in [0.25, 0.3) is 0 Å². The van der Waals surface area contributed by atoms with Crippen molar-refractivity contribution < 1.29 is 19.5 Å². The van der Waals surface area contributed by atoms with Crippen molar-refractivity contribution in [2.45, 2.75) is 18.9 Å². The Hall–Kier alpha value is -1.44. The first-order valence-corrected chi connectivity index (χ1v) is 8.27. The molecule has 2 rings (SSSR count). The van der Waals surface area contributed by atoms with E-state index in [9.17, 15) is 19.5 Å². The lowest BCUT2D eigenvalue weighted by Gasteiger charge is -2.39. The predicted molar refractivity (Wildman–Crippen MR) is 79.2 cm³/mol. The number of thioether (sulfide) groups is 1. The van der Waals surface area contributed by atoms with Crippen LogP contribution in [0.5, 0.6) is 0 Å². The number of carbonyl (C=O) groups is 3. The fourth-order valence-electron chi connectivity index (χ4n) is 2.79. The number of carboxylic acids is 1. The van der Waals surface area contributed by atoms with Gasteiger partial charge in [-0.1, -0.05) is 0 Å². The molecule has 2 atom stereocenters. The van der Waals surface area contributed by atoms with Gasteiger partial charge in [-0.3, -0.25) is 4.79 Å². The van der Waals surface area contributed by atoms with E-state index in [1.165, 1.54) is 4.90 Å². The normalized spacial score (nSPS) is 26.3. The summed E-state index contributed by atoms with van der Waals surface area (Å²) in [6.07, 6.45) is 1.53. The van der Waals surface area contributed by atoms with Gasteiger partial charge in [-0.25, -0.2) is 9.59 Å². The maximum absolute atomic E-state index is 12.6. The summed E-state index contributed by atoms with van der Waals surface area (Å²) < 4.78 is 0. The van der Waals surface area contributed by atoms with Gasteiger partial charge >= 0.3 is 12.0 Å². The molecule has 2 N–H and O–H groups in total. The lowest BCUT2D eigenvalue weighted by Crippen LogP contribution is -2.57. The largest absolute Gasteiger partial charge is 0.480 e. The first-order chi connectivity index (χ1) is 10.0. The second-order valence-electron chi connectivity index (χ2n) is 5.30. The number of urea groups is 1. The van der Waals surface area contributed by atoms with Gasteiger partial charge in [-0.2, -0.15) is 11.8 Å². The summed E-state index contributed by atoms with van der Waals surface area (Å²) >= 11 is 1.55. The number of carbonyl (C=O) groups excluding carboxylic acids is 2. The molecule has 8 heteroatoms. The highest BCUT2D eigenvalue weighted by Gasteiger charge is 2.37. The second kappa shape index (κ2) is 7.02. The van der Waals surface area contributed by atoms with Crippen LogP contribution in [-0.4, -0.2) is 77.0 Å². The van der Waals surface area contributed by atoms with Crippen molar-refractivity contribution in [3.05, 3.63) is 0 Å². The SMILES string of the molecule is CNC(=O)C1CCCN(C(=O)N2CCSCC2C(=O)O)C1. The molecule has 0 saturated carbocycles. The molecule has 0 radical (unpaired) electrons. The van der Waals surface area contributed by atoms with Gasteiger partial charge in [0.05, 0.1) is 5.92 Å². The summed E-state index contributed by atoms with van der Waals surface area (Å²) in [5, 5.41) is 11.9. The smallest absolute Gasteiger partial charge is 0.327 e. The first-order valence-electron chi connectivity index (χ1n) is 7.12. The van der Waals surface area contributed by atoms with Crippen molar-refractivity contribution in [3.8, 4) is 0 Å². The summed E-state index contributed by atoms with van der Waals surface area (Å²) in [6, 6.07) is -1.02. The quantitative estimate of drug-likeness (QED) is 0.752. The number of piperidine rings is 1. The highest BCUT2D eigenvalue weighted by atomic mass is 32.2. The summed E-state index contributed by atoms with van der Waals surface area (Å²) in [5.41, 5.74) is 0. The number of aliphatic carboxylic acids is 1. The molecule has 0 bridgehead atoms. The van der Waals surface area contributed by atoms with Crippen molar-refractivity contribution >= 4 is 29.7 Å². The van der Waals surface area contributed by atoms with Crippen LogP contribution in [0, 0.1) is 5.92 Å². The van der Waals surface area contributed by atoms with Gasteiger partial charge in [0.1, 0.15) is 6.04 Å². The fourth-order valence-corrected chi connectivity index (χ4v) is 3.83. The lowest BCUT2D eigenvalue weighted by molar-refractivity contribution is -0.141. The monoisotopic (exact) mass is 315 g/mol. The van der Waals surface area contributed by atoms with Crippen molar-refractivity contribution in [3.63, 3.8) is 0 Å². The second-order valence-corrected chi connectivity index (χ2v) is 6.45. The number of amides is 3. The zero-order valence-corrected chi connectivity index (χ0v) is 12.9. The minimum Gasteiger partial charge on any atom is -0.480 e. The van der Waals surface area contributed by atoms with Crippen LogP contribution in [0.1, 0.15) is 12.8 Å². The maximum atomic E-state index is 12.6. The van der Waals surface area contributed by atoms with Crippen LogP contribution in [0.2, 0.25) is 0 Å². The minimum atomic E-state index is -0.963. The van der Waals surface area contributed by atoms with E-state index in [0.717, 1.165) is 18.6 Å². The Morgan fingerprint density at radius 2 is 2.05 bits per heavy atom. The highest BCUT2D eigenvalue weighted by molar-refractivity contribution is 7.99. The van der Waals surface area contributed by atoms with E-state index in [1.807, 2.05) is 0 Å². The molecular weight excluding hydrogens is 294 g/mol. The van der Waals surface area contributed by atoms with Gasteiger partial charge in [0.25, 0.3) is 0 Å². The van der Waals surface area contributed by atoms with Gasteiger partial charge in [0.15, 0.2) is 0 Å². The van der Waals surface area contributed by atoms with Gasteiger partial charge in [0.2, 0.25) is 5.91 Å². The summed E-state index contributed by atoms with van der Waals surface area (Å²) in [4.78, 5) is 38.6. The van der Waals surface area contributed by atoms with Gasteiger partial charge in [-0.05, 0) is 12.8 Å². The third-order valence-corrected chi connectivity index (χ3v) is 4.99. The highest BCUT2D eigenvalue weighted by Crippen LogP contribution is 2.22. The number of hydrogen-bond acceptors (Lipinski definition) is 4. The molecule has 0 aromatic carbocycles. The van der Waals surface area contributed by atoms with E-state index in [1.54, 1.807) is 23.7 Å². The number of nitrogens with zero attached hydrogens (tertiary/aromatic N) is 2. The molecule has 21 heavy (non-hydrogen) atoms. The Labute approximate surface area is 128 Å². The van der Waals surface area contributed by atoms with Gasteiger partial charge < -0.3 is 20.2 Å². The summed E-state index contributed by atoms with van der Waals surface area (Å²) in [5.74, 6) is -0.0437. The van der Waals surface area contributed by atoms with Crippen LogP contribution < -0.4 is 5.32 Å². The first kappa shape index (κ1) is 15.9. The molecule has 2 aliphatic rings. The number of nitrogens with one attached hydrogen (secondary N) is 1. The van der Waals surface area contributed by atoms with Crippen LogP contribution in [-0.2, 0) is 9.59 Å². The zero-order chi connectivity index (χ0) is 15.4. The Kier molecular flexibility index (Phi) is 5.33. The molecule has 2 aliphatic heterocycles. The van der Waals surface area contributed by atoms with Crippen molar-refractivity contribution in [2.75, 3.05) is 38.2 Å². The molecule has 2 unspecified atom stereocenters. The average Bonchev–Trinajstić information content (AvgIpc) is 2.53. The van der Waals surface area contributed by atoms with E-state index in [4.69, 9.17) is 0 Å². The Bertz CT molecular complexity index is 432. The van der Waals surface area contributed by atoms with Crippen LogP contribution in [0.15, 0.2) is 0 Å². The molecule has 0 aromatic heterocycles. The van der Waals surface area contributed by atoms with E-state index in [2.05, 4.69) is 5.32 Å². The fraction of sp³-hybridized carbons (Fsp3) is 0.769. The van der Waals surface area contributed by atoms with Crippen molar-refractivity contribution in [2.24, 2.45) is 5.92 Å². The molecule has 118 valence electrons. The molecule has 0 spiro atoms. The molecule has 2 saturated heterocycles. The number of likely N-dealkylation sites (tertiary alicyclic amines) is 1. The van der Waals surface area contributed by atoms with Crippen LogP contribution in [0.4, 0.5) is 4.79 Å². The molecule has 7 nitrogen and oxygen atoms in total. The topological polar surface area (TPSA) is 90.0 Å². The molecule has 0 aromatic rings. The Morgan fingerprint density at radius 3 is 2.71 bits per heavy atom. The minimum absolute atomic E-state index is 0.0588. The Balaban J connectivity index is 2.04. The molecule has 2 fully saturated rings. The van der Waals surface area contributed by atoms with E-state index in [0.29, 0.717) is 25.4 Å². The standard InChI is InChI=1S/C13H21N3O4S/c1-14-11(17)9-3-2-4-15(7-9)13(20)16-5-6-21-8-10(16)12(18)19/h9-10H,2-8H2,1H3,(H,14,17)(H,18,19). The van der Waals surface area contributed by atoms with Gasteiger partial charge in [0, 0.05) is 38.2 Å². The van der Waals surface area contributed by atoms with E-state index < -0.39 is 12.0 Å². The summed E-state index contributed by atoms with van der Waals surface area (Å²) in [6.45, 7) is 1.40. The van der Waals surface area contributed by atoms with Crippen LogP contribution >= 0.6 is 11.8 Å². The van der Waals surface area contributed by atoms with Crippen molar-refractivity contribution in [1.82, 2.24) is 15.1 Å². The number of rotatable bonds is 2. The van der Waals surface area contributed by atoms with E-state index in [-0.39, 0.29) is 17.9 Å². The zero-order valence-electron chi connectivity index (χ0n) is 12.1. The molecular formula is C13H21N3O4S. The van der Waals surface area contributed by atoms with Gasteiger partial charge in [-0.15, -0.1) is 0 Å². The molecule has 0 aliphatic carbocycles.